The molecule has 1 saturated carbocycles. The van der Waals surface area contributed by atoms with Gasteiger partial charge in [-0.2, -0.15) is 0 Å². The second-order valence-corrected chi connectivity index (χ2v) is 8.34. The van der Waals surface area contributed by atoms with Gasteiger partial charge in [0, 0.05) is 30.2 Å². The molecule has 2 N–H and O–H groups in total. The zero-order valence-electron chi connectivity index (χ0n) is 17.6. The third-order valence-electron chi connectivity index (χ3n) is 6.25. The molecular formula is C24H29F3N2O2. The molecule has 168 valence electrons. The van der Waals surface area contributed by atoms with E-state index in [0.717, 1.165) is 12.8 Å². The molecule has 1 aliphatic carbocycles. The van der Waals surface area contributed by atoms with Crippen LogP contribution in [-0.2, 0) is 6.54 Å². The maximum atomic E-state index is 12.7. The number of benzene rings is 2. The van der Waals surface area contributed by atoms with Crippen molar-refractivity contribution in [3.8, 4) is 11.5 Å². The fraction of sp³-hybridized carbons (Fsp3) is 0.500. The molecule has 4 atom stereocenters. The summed E-state index contributed by atoms with van der Waals surface area (Å²) < 4.78 is 47.9. The first kappa shape index (κ1) is 22.0. The van der Waals surface area contributed by atoms with Gasteiger partial charge in [-0.15, -0.1) is 13.2 Å². The van der Waals surface area contributed by atoms with E-state index in [4.69, 9.17) is 4.74 Å². The topological polar surface area (TPSA) is 42.5 Å². The van der Waals surface area contributed by atoms with Crippen LogP contribution >= 0.6 is 0 Å². The van der Waals surface area contributed by atoms with Crippen LogP contribution < -0.4 is 20.1 Å². The van der Waals surface area contributed by atoms with Crippen molar-refractivity contribution in [2.45, 2.75) is 63.6 Å². The van der Waals surface area contributed by atoms with E-state index in [1.54, 1.807) is 6.07 Å². The van der Waals surface area contributed by atoms with Crippen molar-refractivity contribution in [3.05, 3.63) is 59.7 Å². The third-order valence-corrected chi connectivity index (χ3v) is 6.25. The maximum Gasteiger partial charge on any atom is 0.573 e. The largest absolute Gasteiger partial charge is 0.573 e. The highest BCUT2D eigenvalue weighted by Gasteiger charge is 2.40. The summed E-state index contributed by atoms with van der Waals surface area (Å²) in [4.78, 5) is 0. The molecule has 2 aromatic carbocycles. The first-order chi connectivity index (χ1) is 14.9. The SMILES string of the molecule is CCOc1ccc(OC(F)(F)F)cc1CNC1C2CCCC(C2)NC1c1ccccc1. The Kier molecular flexibility index (Phi) is 6.72. The molecular weight excluding hydrogens is 405 g/mol. The summed E-state index contributed by atoms with van der Waals surface area (Å²) in [6.45, 7) is 2.70. The molecule has 4 unspecified atom stereocenters. The van der Waals surface area contributed by atoms with Gasteiger partial charge in [0.25, 0.3) is 0 Å². The van der Waals surface area contributed by atoms with Crippen LogP contribution in [0.2, 0.25) is 0 Å². The van der Waals surface area contributed by atoms with Gasteiger partial charge < -0.3 is 20.1 Å². The van der Waals surface area contributed by atoms with Crippen molar-refractivity contribution in [2.24, 2.45) is 5.92 Å². The van der Waals surface area contributed by atoms with Crippen molar-refractivity contribution in [1.82, 2.24) is 10.6 Å². The number of ether oxygens (including phenoxy) is 2. The summed E-state index contributed by atoms with van der Waals surface area (Å²) in [5.41, 5.74) is 1.89. The Labute approximate surface area is 181 Å². The summed E-state index contributed by atoms with van der Waals surface area (Å²) in [6.07, 6.45) is -0.0507. The highest BCUT2D eigenvalue weighted by atomic mass is 19.4. The number of hydrogen-bond donors (Lipinski definition) is 2. The van der Waals surface area contributed by atoms with Crippen molar-refractivity contribution in [3.63, 3.8) is 0 Å². The number of fused-ring (bicyclic) bond motifs is 2. The van der Waals surface area contributed by atoms with E-state index in [0.29, 0.717) is 36.4 Å². The Morgan fingerprint density at radius 3 is 2.65 bits per heavy atom. The molecule has 0 aromatic heterocycles. The van der Waals surface area contributed by atoms with Crippen molar-refractivity contribution in [1.29, 1.82) is 0 Å². The Morgan fingerprint density at radius 1 is 1.10 bits per heavy atom. The minimum absolute atomic E-state index is 0.162. The number of hydrogen-bond acceptors (Lipinski definition) is 4. The van der Waals surface area contributed by atoms with Crippen LogP contribution in [0.1, 0.15) is 49.8 Å². The highest BCUT2D eigenvalue weighted by Crippen LogP contribution is 2.39. The lowest BCUT2D eigenvalue weighted by molar-refractivity contribution is -0.274. The molecule has 1 saturated heterocycles. The number of nitrogens with one attached hydrogen (secondary N) is 2. The average molecular weight is 435 g/mol. The molecule has 1 heterocycles. The van der Waals surface area contributed by atoms with E-state index >= 15 is 0 Å². The monoisotopic (exact) mass is 434 g/mol. The first-order valence-electron chi connectivity index (χ1n) is 11.0. The Hall–Kier alpha value is -2.25. The van der Waals surface area contributed by atoms with Gasteiger partial charge >= 0.3 is 6.36 Å². The summed E-state index contributed by atoms with van der Waals surface area (Å²) in [5, 5.41) is 7.45. The minimum Gasteiger partial charge on any atom is -0.494 e. The summed E-state index contributed by atoms with van der Waals surface area (Å²) in [7, 11) is 0. The van der Waals surface area contributed by atoms with Gasteiger partial charge in [-0.3, -0.25) is 0 Å². The predicted octanol–water partition coefficient (Wildman–Crippen LogP) is 5.35. The molecule has 0 amide bonds. The first-order valence-corrected chi connectivity index (χ1v) is 11.0. The van der Waals surface area contributed by atoms with Gasteiger partial charge in [-0.25, -0.2) is 0 Å². The summed E-state index contributed by atoms with van der Waals surface area (Å²) >= 11 is 0. The Morgan fingerprint density at radius 2 is 1.90 bits per heavy atom. The van der Waals surface area contributed by atoms with Crippen LogP contribution in [0.3, 0.4) is 0 Å². The Bertz CT molecular complexity index is 860. The molecule has 2 bridgehead atoms. The van der Waals surface area contributed by atoms with E-state index in [2.05, 4.69) is 27.5 Å². The molecule has 4 nitrogen and oxygen atoms in total. The zero-order chi connectivity index (χ0) is 21.8. The molecule has 31 heavy (non-hydrogen) atoms. The van der Waals surface area contributed by atoms with Gasteiger partial charge in [0.2, 0.25) is 0 Å². The average Bonchev–Trinajstić information content (AvgIpc) is 2.74. The normalized spacial score (nSPS) is 25.8. The third kappa shape index (κ3) is 5.52. The number of piperidine rings is 1. The van der Waals surface area contributed by atoms with Gasteiger partial charge in [0.15, 0.2) is 0 Å². The summed E-state index contributed by atoms with van der Waals surface area (Å²) in [5.74, 6) is 0.869. The zero-order valence-corrected chi connectivity index (χ0v) is 17.6. The predicted molar refractivity (Wildman–Crippen MR) is 113 cm³/mol. The van der Waals surface area contributed by atoms with Gasteiger partial charge in [-0.1, -0.05) is 36.8 Å². The molecule has 2 aromatic rings. The van der Waals surface area contributed by atoms with Gasteiger partial charge in [0.05, 0.1) is 6.61 Å². The van der Waals surface area contributed by atoms with E-state index in [1.807, 2.05) is 25.1 Å². The molecule has 1 aliphatic heterocycles. The number of rotatable bonds is 7. The second-order valence-electron chi connectivity index (χ2n) is 8.34. The smallest absolute Gasteiger partial charge is 0.494 e. The van der Waals surface area contributed by atoms with E-state index < -0.39 is 6.36 Å². The lowest BCUT2D eigenvalue weighted by Gasteiger charge is -2.47. The number of alkyl halides is 3. The van der Waals surface area contributed by atoms with E-state index in [9.17, 15) is 13.2 Å². The van der Waals surface area contributed by atoms with E-state index in [-0.39, 0.29) is 17.8 Å². The minimum atomic E-state index is -4.72. The van der Waals surface area contributed by atoms with Crippen LogP contribution in [0.15, 0.2) is 48.5 Å². The molecule has 2 fully saturated rings. The van der Waals surface area contributed by atoms with Gasteiger partial charge in [-0.05, 0) is 55.9 Å². The summed E-state index contributed by atoms with van der Waals surface area (Å²) in [6, 6.07) is 15.5. The lowest BCUT2D eigenvalue weighted by Crippen LogP contribution is -2.56. The fourth-order valence-electron chi connectivity index (χ4n) is 5.00. The standard InChI is InChI=1S/C24H29F3N2O2/c1-2-30-21-12-11-20(31-24(25,26)27)14-18(21)15-28-22-17-9-6-10-19(13-17)29-23(22)16-7-4-3-5-8-16/h3-5,7-8,11-12,14,17,19,22-23,28-29H,2,6,9-10,13,15H2,1H3. The molecule has 7 heteroatoms. The molecule has 0 radical (unpaired) electrons. The van der Waals surface area contributed by atoms with Gasteiger partial charge in [0.1, 0.15) is 11.5 Å². The Balaban J connectivity index is 1.56. The quantitative estimate of drug-likeness (QED) is 0.617. The van der Waals surface area contributed by atoms with Crippen LogP contribution in [0.4, 0.5) is 13.2 Å². The maximum absolute atomic E-state index is 12.7. The van der Waals surface area contributed by atoms with Crippen LogP contribution in [0.25, 0.3) is 0 Å². The fourth-order valence-corrected chi connectivity index (χ4v) is 5.00. The second kappa shape index (κ2) is 9.49. The van der Waals surface area contributed by atoms with E-state index in [1.165, 1.54) is 30.5 Å². The molecule has 0 spiro atoms. The molecule has 2 aliphatic rings. The van der Waals surface area contributed by atoms with Crippen LogP contribution in [-0.4, -0.2) is 25.1 Å². The highest BCUT2D eigenvalue weighted by molar-refractivity contribution is 5.40. The van der Waals surface area contributed by atoms with Crippen molar-refractivity contribution < 1.29 is 22.6 Å². The van der Waals surface area contributed by atoms with Crippen LogP contribution in [0.5, 0.6) is 11.5 Å². The molecule has 4 rings (SSSR count). The van der Waals surface area contributed by atoms with Crippen molar-refractivity contribution >= 4 is 0 Å². The van der Waals surface area contributed by atoms with Crippen LogP contribution in [0, 0.1) is 5.92 Å². The number of halogens is 3. The van der Waals surface area contributed by atoms with Crippen molar-refractivity contribution in [2.75, 3.05) is 6.61 Å². The lowest BCUT2D eigenvalue weighted by atomic mass is 9.73.